The Hall–Kier alpha value is -1.16. The molecule has 0 radical (unpaired) electrons. The van der Waals surface area contributed by atoms with Gasteiger partial charge in [0.2, 0.25) is 0 Å². The van der Waals surface area contributed by atoms with Crippen molar-refractivity contribution >= 4 is 0 Å². The monoisotopic (exact) mass is 178 g/mol. The zero-order valence-corrected chi connectivity index (χ0v) is 7.94. The summed E-state index contributed by atoms with van der Waals surface area (Å²) >= 11 is 0. The summed E-state index contributed by atoms with van der Waals surface area (Å²) in [6, 6.07) is 0.182. The second-order valence-corrected chi connectivity index (χ2v) is 3.56. The Morgan fingerprint density at radius 1 is 1.46 bits per heavy atom. The molecule has 0 amide bonds. The van der Waals surface area contributed by atoms with Crippen LogP contribution in [-0.2, 0) is 7.05 Å². The van der Waals surface area contributed by atoms with Crippen molar-refractivity contribution in [1.29, 1.82) is 0 Å². The van der Waals surface area contributed by atoms with Crippen molar-refractivity contribution in [2.75, 3.05) is 0 Å². The quantitative estimate of drug-likeness (QED) is 0.637. The molecule has 0 saturated carbocycles. The van der Waals surface area contributed by atoms with Gasteiger partial charge >= 0.3 is 0 Å². The van der Waals surface area contributed by atoms with Crippen LogP contribution in [0.5, 0.6) is 0 Å². The van der Waals surface area contributed by atoms with Crippen LogP contribution < -0.4 is 5.73 Å². The Bertz CT molecular complexity index is 339. The first-order valence-corrected chi connectivity index (χ1v) is 4.48. The molecule has 1 aliphatic rings. The maximum Gasteiger partial charge on any atom is 0.139 e. The van der Waals surface area contributed by atoms with Gasteiger partial charge in [-0.3, -0.25) is 0 Å². The molecule has 0 bridgehead atoms. The second kappa shape index (κ2) is 2.96. The SMILES string of the molecule is Cc1nnc(C2C=CC(N)C2)n1C. The highest BCUT2D eigenvalue weighted by Crippen LogP contribution is 2.25. The number of rotatable bonds is 1. The van der Waals surface area contributed by atoms with Crippen molar-refractivity contribution in [2.45, 2.75) is 25.3 Å². The molecule has 2 atom stereocenters. The Balaban J connectivity index is 2.27. The minimum atomic E-state index is 0.182. The van der Waals surface area contributed by atoms with Crippen LogP contribution in [0, 0.1) is 6.92 Å². The standard InChI is InChI=1S/C9H14N4/c1-6-11-12-9(13(6)2)7-3-4-8(10)5-7/h3-4,7-8H,5,10H2,1-2H3. The Kier molecular flexibility index (Phi) is 1.92. The molecule has 0 fully saturated rings. The summed E-state index contributed by atoms with van der Waals surface area (Å²) in [4.78, 5) is 0. The van der Waals surface area contributed by atoms with E-state index in [0.717, 1.165) is 18.1 Å². The molecule has 1 aromatic heterocycles. The van der Waals surface area contributed by atoms with Gasteiger partial charge in [-0.2, -0.15) is 0 Å². The third-order valence-corrected chi connectivity index (χ3v) is 2.57. The van der Waals surface area contributed by atoms with Crippen molar-refractivity contribution < 1.29 is 0 Å². The molecule has 0 aromatic carbocycles. The summed E-state index contributed by atoms with van der Waals surface area (Å²) < 4.78 is 2.02. The van der Waals surface area contributed by atoms with E-state index in [0.29, 0.717) is 5.92 Å². The highest BCUT2D eigenvalue weighted by atomic mass is 15.3. The first-order valence-electron chi connectivity index (χ1n) is 4.48. The number of allylic oxidation sites excluding steroid dienone is 1. The molecule has 0 spiro atoms. The molecule has 1 aliphatic carbocycles. The Morgan fingerprint density at radius 2 is 2.23 bits per heavy atom. The third kappa shape index (κ3) is 1.37. The summed E-state index contributed by atoms with van der Waals surface area (Å²) in [5, 5.41) is 8.16. The topological polar surface area (TPSA) is 56.7 Å². The first kappa shape index (κ1) is 8.44. The van der Waals surface area contributed by atoms with Crippen molar-refractivity contribution in [3.05, 3.63) is 23.8 Å². The predicted octanol–water partition coefficient (Wildman–Crippen LogP) is 0.494. The molecule has 13 heavy (non-hydrogen) atoms. The Labute approximate surface area is 77.5 Å². The van der Waals surface area contributed by atoms with Gasteiger partial charge in [-0.05, 0) is 13.3 Å². The molecular weight excluding hydrogens is 164 g/mol. The van der Waals surface area contributed by atoms with E-state index in [4.69, 9.17) is 5.73 Å². The smallest absolute Gasteiger partial charge is 0.139 e. The average molecular weight is 178 g/mol. The number of hydrogen-bond donors (Lipinski definition) is 1. The van der Waals surface area contributed by atoms with Crippen molar-refractivity contribution in [1.82, 2.24) is 14.8 Å². The highest BCUT2D eigenvalue weighted by molar-refractivity contribution is 5.17. The lowest BCUT2D eigenvalue weighted by Crippen LogP contribution is -2.15. The van der Waals surface area contributed by atoms with E-state index in [-0.39, 0.29) is 6.04 Å². The van der Waals surface area contributed by atoms with Gasteiger partial charge in [0.1, 0.15) is 11.6 Å². The average Bonchev–Trinajstić information content (AvgIpc) is 2.62. The van der Waals surface area contributed by atoms with Gasteiger partial charge in [0.25, 0.3) is 0 Å². The van der Waals surface area contributed by atoms with Crippen LogP contribution in [0.25, 0.3) is 0 Å². The van der Waals surface area contributed by atoms with Crippen molar-refractivity contribution in [3.63, 3.8) is 0 Å². The molecular formula is C9H14N4. The largest absolute Gasteiger partial charge is 0.324 e. The van der Waals surface area contributed by atoms with Crippen LogP contribution in [0.15, 0.2) is 12.2 Å². The van der Waals surface area contributed by atoms with Crippen LogP contribution in [0.2, 0.25) is 0 Å². The first-order chi connectivity index (χ1) is 6.18. The number of nitrogens with zero attached hydrogens (tertiary/aromatic N) is 3. The van der Waals surface area contributed by atoms with Gasteiger partial charge in [-0.1, -0.05) is 12.2 Å². The van der Waals surface area contributed by atoms with Crippen LogP contribution in [0.3, 0.4) is 0 Å². The van der Waals surface area contributed by atoms with E-state index >= 15 is 0 Å². The summed E-state index contributed by atoms with van der Waals surface area (Å²) in [7, 11) is 1.99. The lowest BCUT2D eigenvalue weighted by molar-refractivity contribution is 0.644. The van der Waals surface area contributed by atoms with E-state index in [2.05, 4.69) is 16.3 Å². The predicted molar refractivity (Wildman–Crippen MR) is 50.2 cm³/mol. The third-order valence-electron chi connectivity index (χ3n) is 2.57. The van der Waals surface area contributed by atoms with Gasteiger partial charge in [-0.25, -0.2) is 0 Å². The molecule has 1 heterocycles. The van der Waals surface area contributed by atoms with Gasteiger partial charge in [0.05, 0.1) is 0 Å². The summed E-state index contributed by atoms with van der Waals surface area (Å²) in [5.74, 6) is 2.31. The number of aromatic nitrogens is 3. The van der Waals surface area contributed by atoms with Gasteiger partial charge in [0.15, 0.2) is 0 Å². The normalized spacial score (nSPS) is 27.0. The zero-order chi connectivity index (χ0) is 9.42. The van der Waals surface area contributed by atoms with Crippen LogP contribution in [-0.4, -0.2) is 20.8 Å². The fourth-order valence-electron chi connectivity index (χ4n) is 1.67. The minimum Gasteiger partial charge on any atom is -0.324 e. The zero-order valence-electron chi connectivity index (χ0n) is 7.94. The summed E-state index contributed by atoms with van der Waals surface area (Å²) in [5.41, 5.74) is 5.78. The van der Waals surface area contributed by atoms with E-state index < -0.39 is 0 Å². The molecule has 2 rings (SSSR count). The second-order valence-electron chi connectivity index (χ2n) is 3.56. The van der Waals surface area contributed by atoms with Crippen molar-refractivity contribution in [3.8, 4) is 0 Å². The maximum absolute atomic E-state index is 5.78. The van der Waals surface area contributed by atoms with E-state index in [1.165, 1.54) is 0 Å². The molecule has 4 nitrogen and oxygen atoms in total. The number of aryl methyl sites for hydroxylation is 1. The number of hydrogen-bond acceptors (Lipinski definition) is 3. The molecule has 2 N–H and O–H groups in total. The van der Waals surface area contributed by atoms with Crippen LogP contribution in [0.4, 0.5) is 0 Å². The maximum atomic E-state index is 5.78. The lowest BCUT2D eigenvalue weighted by atomic mass is 10.1. The molecule has 2 unspecified atom stereocenters. The fraction of sp³-hybridized carbons (Fsp3) is 0.556. The van der Waals surface area contributed by atoms with Crippen LogP contribution >= 0.6 is 0 Å². The van der Waals surface area contributed by atoms with E-state index in [1.54, 1.807) is 0 Å². The highest BCUT2D eigenvalue weighted by Gasteiger charge is 2.21. The van der Waals surface area contributed by atoms with Gasteiger partial charge in [-0.15, -0.1) is 10.2 Å². The molecule has 70 valence electrons. The lowest BCUT2D eigenvalue weighted by Gasteiger charge is -2.08. The van der Waals surface area contributed by atoms with Gasteiger partial charge < -0.3 is 10.3 Å². The molecule has 0 saturated heterocycles. The molecule has 1 aromatic rings. The summed E-state index contributed by atoms with van der Waals surface area (Å²) in [6.07, 6.45) is 5.11. The van der Waals surface area contributed by atoms with E-state index in [9.17, 15) is 0 Å². The van der Waals surface area contributed by atoms with Crippen molar-refractivity contribution in [2.24, 2.45) is 12.8 Å². The fourth-order valence-corrected chi connectivity index (χ4v) is 1.67. The summed E-state index contributed by atoms with van der Waals surface area (Å²) in [6.45, 7) is 1.95. The Morgan fingerprint density at radius 3 is 2.69 bits per heavy atom. The minimum absolute atomic E-state index is 0.182. The van der Waals surface area contributed by atoms with E-state index in [1.807, 2.05) is 24.6 Å². The van der Waals surface area contributed by atoms with Crippen LogP contribution in [0.1, 0.15) is 24.0 Å². The van der Waals surface area contributed by atoms with Gasteiger partial charge in [0, 0.05) is 19.0 Å². The molecule has 4 heteroatoms. The molecule has 0 aliphatic heterocycles. The number of nitrogens with two attached hydrogens (primary N) is 1.